The summed E-state index contributed by atoms with van der Waals surface area (Å²) in [6.45, 7) is 6.66. The highest BCUT2D eigenvalue weighted by Crippen LogP contribution is 2.06. The van der Waals surface area contributed by atoms with Gasteiger partial charge in [-0.05, 0) is 6.07 Å². The average Bonchev–Trinajstić information content (AvgIpc) is 2.57. The predicted octanol–water partition coefficient (Wildman–Crippen LogP) is 1.96. The molecule has 0 fully saturated rings. The first-order chi connectivity index (χ1) is 7.06. The number of hydrogen-bond donors (Lipinski definition) is 0. The van der Waals surface area contributed by atoms with Gasteiger partial charge in [0.1, 0.15) is 8.07 Å². The van der Waals surface area contributed by atoms with Crippen LogP contribution in [0.1, 0.15) is 5.56 Å². The van der Waals surface area contributed by atoms with Crippen LogP contribution in [0.25, 0.3) is 5.65 Å². The monoisotopic (exact) mass is 215 g/mol. The second kappa shape index (κ2) is 3.52. The maximum absolute atomic E-state index is 4.26. The number of hydrogen-bond acceptors (Lipinski definition) is 2. The molecule has 76 valence electrons. The van der Waals surface area contributed by atoms with E-state index in [9.17, 15) is 0 Å². The van der Waals surface area contributed by atoms with E-state index >= 15 is 0 Å². The van der Waals surface area contributed by atoms with Crippen LogP contribution < -0.4 is 0 Å². The van der Waals surface area contributed by atoms with Gasteiger partial charge in [-0.2, -0.15) is 5.10 Å². The maximum Gasteiger partial charge on any atom is 0.170 e. The Hall–Kier alpha value is -1.60. The van der Waals surface area contributed by atoms with Gasteiger partial charge in [0, 0.05) is 12.4 Å². The highest BCUT2D eigenvalue weighted by Gasteiger charge is 2.08. The van der Waals surface area contributed by atoms with Gasteiger partial charge in [0.05, 0.1) is 11.8 Å². The molecule has 15 heavy (non-hydrogen) atoms. The summed E-state index contributed by atoms with van der Waals surface area (Å²) in [6.07, 6.45) is 5.41. The Morgan fingerprint density at radius 3 is 2.87 bits per heavy atom. The van der Waals surface area contributed by atoms with Crippen LogP contribution in [0.3, 0.4) is 0 Å². The van der Waals surface area contributed by atoms with Gasteiger partial charge in [-0.1, -0.05) is 25.6 Å². The molecule has 0 bridgehead atoms. The van der Waals surface area contributed by atoms with E-state index in [1.165, 1.54) is 0 Å². The third kappa shape index (κ3) is 2.25. The van der Waals surface area contributed by atoms with Gasteiger partial charge in [-0.25, -0.2) is 9.50 Å². The zero-order valence-electron chi connectivity index (χ0n) is 9.15. The van der Waals surface area contributed by atoms with Crippen molar-refractivity contribution in [1.82, 2.24) is 14.6 Å². The van der Waals surface area contributed by atoms with Crippen LogP contribution in [0, 0.1) is 11.5 Å². The van der Waals surface area contributed by atoms with E-state index in [1.807, 2.05) is 12.3 Å². The molecule has 0 aromatic carbocycles. The summed E-state index contributed by atoms with van der Waals surface area (Å²) in [5.74, 6) is 3.17. The zero-order valence-corrected chi connectivity index (χ0v) is 10.2. The molecule has 3 nitrogen and oxygen atoms in total. The summed E-state index contributed by atoms with van der Waals surface area (Å²) in [4.78, 5) is 4.26. The van der Waals surface area contributed by atoms with Crippen molar-refractivity contribution in [1.29, 1.82) is 0 Å². The van der Waals surface area contributed by atoms with Crippen LogP contribution in [0.2, 0.25) is 19.6 Å². The fourth-order valence-electron chi connectivity index (χ4n) is 1.17. The first-order valence-electron chi connectivity index (χ1n) is 4.88. The Morgan fingerprint density at radius 1 is 1.33 bits per heavy atom. The third-order valence-electron chi connectivity index (χ3n) is 1.85. The van der Waals surface area contributed by atoms with Crippen LogP contribution >= 0.6 is 0 Å². The molecule has 2 aromatic heterocycles. The Bertz CT molecular complexity index is 540. The van der Waals surface area contributed by atoms with Gasteiger partial charge in [0.25, 0.3) is 0 Å². The largest absolute Gasteiger partial charge is 0.236 e. The molecule has 0 saturated heterocycles. The van der Waals surface area contributed by atoms with Crippen molar-refractivity contribution in [3.63, 3.8) is 0 Å². The van der Waals surface area contributed by atoms with Crippen molar-refractivity contribution >= 4 is 13.7 Å². The van der Waals surface area contributed by atoms with E-state index in [2.05, 4.69) is 41.2 Å². The molecule has 2 rings (SSSR count). The molecule has 0 amide bonds. The first kappa shape index (κ1) is 9.93. The lowest BCUT2D eigenvalue weighted by Crippen LogP contribution is -2.16. The molecule has 0 aliphatic rings. The van der Waals surface area contributed by atoms with Crippen molar-refractivity contribution in [2.45, 2.75) is 19.6 Å². The van der Waals surface area contributed by atoms with Crippen molar-refractivity contribution in [2.75, 3.05) is 0 Å². The molecule has 0 saturated carbocycles. The fourth-order valence-corrected chi connectivity index (χ4v) is 1.68. The van der Waals surface area contributed by atoms with Crippen LogP contribution in [0.5, 0.6) is 0 Å². The molecule has 0 spiro atoms. The molecule has 4 heteroatoms. The fraction of sp³-hybridized carbons (Fsp3) is 0.273. The maximum atomic E-state index is 4.26. The lowest BCUT2D eigenvalue weighted by molar-refractivity contribution is 0.939. The van der Waals surface area contributed by atoms with Crippen LogP contribution in [-0.4, -0.2) is 22.7 Å². The van der Waals surface area contributed by atoms with E-state index in [-0.39, 0.29) is 0 Å². The van der Waals surface area contributed by atoms with Crippen LogP contribution in [0.4, 0.5) is 0 Å². The summed E-state index contributed by atoms with van der Waals surface area (Å²) >= 11 is 0. The minimum atomic E-state index is -1.33. The van der Waals surface area contributed by atoms with E-state index in [1.54, 1.807) is 16.9 Å². The molecule has 0 unspecified atom stereocenters. The smallest absolute Gasteiger partial charge is 0.170 e. The number of rotatable bonds is 0. The number of nitrogens with zero attached hydrogens (tertiary/aromatic N) is 3. The van der Waals surface area contributed by atoms with Gasteiger partial charge in [0.15, 0.2) is 5.65 Å². The quantitative estimate of drug-likeness (QED) is 0.497. The highest BCUT2D eigenvalue weighted by molar-refractivity contribution is 6.83. The normalized spacial score (nSPS) is 11.1. The average molecular weight is 215 g/mol. The molecule has 0 aliphatic heterocycles. The van der Waals surface area contributed by atoms with Crippen molar-refractivity contribution in [2.24, 2.45) is 0 Å². The van der Waals surface area contributed by atoms with Gasteiger partial charge in [-0.3, -0.25) is 0 Å². The summed E-state index contributed by atoms with van der Waals surface area (Å²) in [5, 5.41) is 4.19. The Balaban J connectivity index is 2.48. The second-order valence-corrected chi connectivity index (χ2v) is 9.20. The Morgan fingerprint density at radius 2 is 2.13 bits per heavy atom. The topological polar surface area (TPSA) is 30.2 Å². The summed E-state index contributed by atoms with van der Waals surface area (Å²) in [5.41, 5.74) is 5.06. The molecular weight excluding hydrogens is 202 g/mol. The third-order valence-corrected chi connectivity index (χ3v) is 2.73. The van der Waals surface area contributed by atoms with E-state index in [0.29, 0.717) is 0 Å². The first-order valence-corrected chi connectivity index (χ1v) is 8.38. The standard InChI is InChI=1S/C11H13N3Si/c1-15(2,3)8-5-10-9-13-14-7-4-6-12-11(10)14/h4,6-7,9H,1-3H3. The lowest BCUT2D eigenvalue weighted by Gasteiger charge is -2.02. The highest BCUT2D eigenvalue weighted by atomic mass is 28.3. The SMILES string of the molecule is C[Si](C)(C)C#Cc1cnn2cccnc12. The van der Waals surface area contributed by atoms with E-state index in [0.717, 1.165) is 11.2 Å². The van der Waals surface area contributed by atoms with Crippen molar-refractivity contribution in [3.05, 3.63) is 30.2 Å². The van der Waals surface area contributed by atoms with Gasteiger partial charge < -0.3 is 0 Å². The summed E-state index contributed by atoms with van der Waals surface area (Å²) in [7, 11) is -1.33. The van der Waals surface area contributed by atoms with Crippen molar-refractivity contribution < 1.29 is 0 Å². The van der Waals surface area contributed by atoms with Gasteiger partial charge in [0.2, 0.25) is 0 Å². The van der Waals surface area contributed by atoms with E-state index < -0.39 is 8.07 Å². The minimum Gasteiger partial charge on any atom is -0.236 e. The van der Waals surface area contributed by atoms with Crippen LogP contribution in [0.15, 0.2) is 24.7 Å². The molecule has 0 radical (unpaired) electrons. The van der Waals surface area contributed by atoms with E-state index in [4.69, 9.17) is 0 Å². The van der Waals surface area contributed by atoms with Crippen molar-refractivity contribution in [3.8, 4) is 11.5 Å². The molecule has 0 N–H and O–H groups in total. The van der Waals surface area contributed by atoms with Gasteiger partial charge >= 0.3 is 0 Å². The molecular formula is C11H13N3Si. The Labute approximate surface area is 90.2 Å². The number of aromatic nitrogens is 3. The summed E-state index contributed by atoms with van der Waals surface area (Å²) in [6, 6.07) is 1.86. The minimum absolute atomic E-state index is 0.836. The zero-order chi connectivity index (χ0) is 10.9. The molecule has 0 atom stereocenters. The lowest BCUT2D eigenvalue weighted by atomic mass is 10.3. The number of fused-ring (bicyclic) bond motifs is 1. The molecule has 0 aliphatic carbocycles. The Kier molecular flexibility index (Phi) is 2.33. The second-order valence-electron chi connectivity index (χ2n) is 4.45. The van der Waals surface area contributed by atoms with Crippen LogP contribution in [-0.2, 0) is 0 Å². The molecule has 2 heterocycles. The predicted molar refractivity (Wildman–Crippen MR) is 63.2 cm³/mol. The van der Waals surface area contributed by atoms with Gasteiger partial charge in [-0.15, -0.1) is 5.54 Å². The molecule has 2 aromatic rings. The summed E-state index contributed by atoms with van der Waals surface area (Å²) < 4.78 is 1.74.